The monoisotopic (exact) mass is 378 g/mol. The second-order valence-corrected chi connectivity index (χ2v) is 6.32. The maximum atomic E-state index is 12.4. The molecular weight excluding hydrogens is 361 g/mol. The van der Waals surface area contributed by atoms with Gasteiger partial charge in [-0.25, -0.2) is 14.6 Å². The SMILES string of the molecule is Nc1ncnc2c1c(-c1ccc(OC(F)(F)F)cc1)nn2[C@@H]1CCCNC1. The Bertz CT molecular complexity index is 948. The number of aromatic nitrogens is 4. The van der Waals surface area contributed by atoms with Gasteiger partial charge in [-0.05, 0) is 43.7 Å². The molecule has 1 aromatic carbocycles. The van der Waals surface area contributed by atoms with Crippen molar-refractivity contribution < 1.29 is 17.9 Å². The Kier molecular flexibility index (Phi) is 4.34. The minimum Gasteiger partial charge on any atom is -0.406 e. The molecule has 0 unspecified atom stereocenters. The van der Waals surface area contributed by atoms with Crippen molar-refractivity contribution >= 4 is 16.9 Å². The van der Waals surface area contributed by atoms with Crippen LogP contribution in [0.5, 0.6) is 5.75 Å². The average Bonchev–Trinajstić information content (AvgIpc) is 3.03. The highest BCUT2D eigenvalue weighted by atomic mass is 19.4. The molecule has 142 valence electrons. The van der Waals surface area contributed by atoms with E-state index in [2.05, 4.69) is 25.1 Å². The van der Waals surface area contributed by atoms with Crippen LogP contribution in [-0.4, -0.2) is 39.2 Å². The average molecular weight is 378 g/mol. The van der Waals surface area contributed by atoms with Gasteiger partial charge in [0.05, 0.1) is 11.4 Å². The smallest absolute Gasteiger partial charge is 0.406 e. The van der Waals surface area contributed by atoms with Crippen molar-refractivity contribution in [3.63, 3.8) is 0 Å². The Morgan fingerprint density at radius 1 is 1.19 bits per heavy atom. The Labute approximate surface area is 152 Å². The summed E-state index contributed by atoms with van der Waals surface area (Å²) in [6.45, 7) is 1.72. The van der Waals surface area contributed by atoms with Crippen molar-refractivity contribution in [2.24, 2.45) is 0 Å². The predicted octanol–water partition coefficient (Wildman–Crippen LogP) is 2.90. The van der Waals surface area contributed by atoms with E-state index in [9.17, 15) is 13.2 Å². The summed E-state index contributed by atoms with van der Waals surface area (Å²) in [5.41, 5.74) is 7.81. The van der Waals surface area contributed by atoms with E-state index >= 15 is 0 Å². The van der Waals surface area contributed by atoms with Crippen LogP contribution in [0.1, 0.15) is 18.9 Å². The van der Waals surface area contributed by atoms with E-state index in [0.717, 1.165) is 25.9 Å². The largest absolute Gasteiger partial charge is 0.573 e. The number of nitrogens with two attached hydrogens (primary N) is 1. The molecule has 1 aliphatic rings. The second-order valence-electron chi connectivity index (χ2n) is 6.32. The van der Waals surface area contributed by atoms with E-state index in [1.54, 1.807) is 0 Å². The lowest BCUT2D eigenvalue weighted by molar-refractivity contribution is -0.274. The number of halogens is 3. The number of alkyl halides is 3. The number of nitrogens with one attached hydrogen (secondary N) is 1. The number of benzene rings is 1. The molecule has 0 radical (unpaired) electrons. The topological polar surface area (TPSA) is 90.9 Å². The van der Waals surface area contributed by atoms with Crippen LogP contribution in [0.4, 0.5) is 19.0 Å². The molecule has 4 rings (SSSR count). The van der Waals surface area contributed by atoms with Crippen LogP contribution in [-0.2, 0) is 0 Å². The van der Waals surface area contributed by atoms with Crippen LogP contribution < -0.4 is 15.8 Å². The molecule has 0 aliphatic carbocycles. The van der Waals surface area contributed by atoms with Crippen LogP contribution in [0.2, 0.25) is 0 Å². The van der Waals surface area contributed by atoms with Crippen LogP contribution in [0.15, 0.2) is 30.6 Å². The molecule has 3 N–H and O–H groups in total. The lowest BCUT2D eigenvalue weighted by Gasteiger charge is -2.23. The fourth-order valence-corrected chi connectivity index (χ4v) is 3.31. The number of anilines is 1. The van der Waals surface area contributed by atoms with E-state index in [-0.39, 0.29) is 17.6 Å². The number of nitrogen functional groups attached to an aromatic ring is 1. The van der Waals surface area contributed by atoms with Gasteiger partial charge in [0.1, 0.15) is 23.6 Å². The summed E-state index contributed by atoms with van der Waals surface area (Å²) in [4.78, 5) is 8.38. The van der Waals surface area contributed by atoms with Crippen molar-refractivity contribution in [1.29, 1.82) is 0 Å². The first-order valence-corrected chi connectivity index (χ1v) is 8.48. The molecule has 3 aromatic rings. The van der Waals surface area contributed by atoms with Gasteiger partial charge in [-0.1, -0.05) is 0 Å². The molecule has 7 nitrogen and oxygen atoms in total. The second kappa shape index (κ2) is 6.69. The fourth-order valence-electron chi connectivity index (χ4n) is 3.31. The molecule has 0 bridgehead atoms. The van der Waals surface area contributed by atoms with Gasteiger partial charge in [-0.15, -0.1) is 13.2 Å². The first kappa shape index (κ1) is 17.5. The van der Waals surface area contributed by atoms with Gasteiger partial charge in [-0.3, -0.25) is 0 Å². The Hall–Kier alpha value is -2.88. The molecule has 3 heterocycles. The lowest BCUT2D eigenvalue weighted by Crippen LogP contribution is -2.32. The summed E-state index contributed by atoms with van der Waals surface area (Å²) in [7, 11) is 0. The minimum absolute atomic E-state index is 0.122. The number of hydrogen-bond donors (Lipinski definition) is 2. The summed E-state index contributed by atoms with van der Waals surface area (Å²) >= 11 is 0. The van der Waals surface area contributed by atoms with Crippen molar-refractivity contribution in [2.45, 2.75) is 25.2 Å². The normalized spacial score (nSPS) is 18.0. The molecular formula is C17H17F3N6O. The molecule has 1 saturated heterocycles. The third kappa shape index (κ3) is 3.52. The van der Waals surface area contributed by atoms with Crippen LogP contribution in [0.3, 0.4) is 0 Å². The molecule has 10 heteroatoms. The first-order valence-electron chi connectivity index (χ1n) is 8.48. The van der Waals surface area contributed by atoms with Crippen LogP contribution >= 0.6 is 0 Å². The standard InChI is InChI=1S/C17H17F3N6O/c18-17(19,20)27-12-5-3-10(4-6-12)14-13-15(21)23-9-24-16(13)26(25-14)11-2-1-7-22-8-11/h3-6,9,11,22H,1-2,7-8H2,(H2,21,23,24)/t11-/m1/s1. The van der Waals surface area contributed by atoms with E-state index in [4.69, 9.17) is 5.73 Å². The fraction of sp³-hybridized carbons (Fsp3) is 0.353. The number of piperidine rings is 1. The molecule has 1 aliphatic heterocycles. The Morgan fingerprint density at radius 3 is 2.63 bits per heavy atom. The summed E-state index contributed by atoms with van der Waals surface area (Å²) in [6, 6.07) is 5.64. The molecule has 0 amide bonds. The van der Waals surface area contributed by atoms with Gasteiger partial charge in [0.2, 0.25) is 0 Å². The van der Waals surface area contributed by atoms with E-state index in [0.29, 0.717) is 22.3 Å². The molecule has 0 saturated carbocycles. The zero-order valence-corrected chi connectivity index (χ0v) is 14.2. The van der Waals surface area contributed by atoms with Gasteiger partial charge in [0, 0.05) is 12.1 Å². The lowest BCUT2D eigenvalue weighted by atomic mass is 10.1. The molecule has 1 fully saturated rings. The third-order valence-corrected chi connectivity index (χ3v) is 4.50. The van der Waals surface area contributed by atoms with E-state index < -0.39 is 6.36 Å². The van der Waals surface area contributed by atoms with Crippen molar-refractivity contribution in [3.8, 4) is 17.0 Å². The summed E-state index contributed by atoms with van der Waals surface area (Å²) < 4.78 is 42.8. The Balaban J connectivity index is 1.77. The van der Waals surface area contributed by atoms with Crippen LogP contribution in [0.25, 0.3) is 22.3 Å². The van der Waals surface area contributed by atoms with E-state index in [1.807, 2.05) is 4.68 Å². The number of rotatable bonds is 3. The summed E-state index contributed by atoms with van der Waals surface area (Å²) in [6.07, 6.45) is -1.38. The van der Waals surface area contributed by atoms with Crippen molar-refractivity contribution in [3.05, 3.63) is 30.6 Å². The van der Waals surface area contributed by atoms with Gasteiger partial charge in [0.15, 0.2) is 5.65 Å². The summed E-state index contributed by atoms with van der Waals surface area (Å²) in [5.74, 6) is -0.0173. The van der Waals surface area contributed by atoms with Gasteiger partial charge < -0.3 is 15.8 Å². The number of hydrogen-bond acceptors (Lipinski definition) is 6. The molecule has 27 heavy (non-hydrogen) atoms. The summed E-state index contributed by atoms with van der Waals surface area (Å²) in [5, 5.41) is 8.60. The molecule has 2 aromatic heterocycles. The van der Waals surface area contributed by atoms with E-state index in [1.165, 1.54) is 30.6 Å². The quantitative estimate of drug-likeness (QED) is 0.728. The van der Waals surface area contributed by atoms with Crippen LogP contribution in [0, 0.1) is 0 Å². The highest BCUT2D eigenvalue weighted by molar-refractivity contribution is 5.98. The number of fused-ring (bicyclic) bond motifs is 1. The van der Waals surface area contributed by atoms with Gasteiger partial charge in [0.25, 0.3) is 0 Å². The zero-order chi connectivity index (χ0) is 19.0. The highest BCUT2D eigenvalue weighted by Gasteiger charge is 2.31. The Morgan fingerprint density at radius 2 is 1.96 bits per heavy atom. The molecule has 1 atom stereocenters. The van der Waals surface area contributed by atoms with Crippen molar-refractivity contribution in [1.82, 2.24) is 25.1 Å². The maximum Gasteiger partial charge on any atom is 0.573 e. The van der Waals surface area contributed by atoms with Gasteiger partial charge >= 0.3 is 6.36 Å². The number of ether oxygens (including phenoxy) is 1. The highest BCUT2D eigenvalue weighted by Crippen LogP contribution is 2.34. The maximum absolute atomic E-state index is 12.4. The predicted molar refractivity (Wildman–Crippen MR) is 93.0 cm³/mol. The molecule has 0 spiro atoms. The third-order valence-electron chi connectivity index (χ3n) is 4.50. The van der Waals surface area contributed by atoms with Gasteiger partial charge in [-0.2, -0.15) is 5.10 Å². The zero-order valence-electron chi connectivity index (χ0n) is 14.2. The first-order chi connectivity index (χ1) is 12.9. The van der Waals surface area contributed by atoms with Crippen molar-refractivity contribution in [2.75, 3.05) is 18.8 Å². The minimum atomic E-state index is -4.73. The number of nitrogens with zero attached hydrogens (tertiary/aromatic N) is 4.